The van der Waals surface area contributed by atoms with E-state index < -0.39 is 38.9 Å². The van der Waals surface area contributed by atoms with Gasteiger partial charge in [0.1, 0.15) is 21.4 Å². The Balaban J connectivity index is 1.67. The maximum Gasteiger partial charge on any atom is 0.419 e. The molecule has 0 bridgehead atoms. The van der Waals surface area contributed by atoms with Gasteiger partial charge in [-0.15, -0.1) is 11.3 Å². The molecule has 1 aliphatic heterocycles. The van der Waals surface area contributed by atoms with E-state index in [0.29, 0.717) is 34.5 Å². The number of sulfonamides is 1. The third-order valence-electron chi connectivity index (χ3n) is 5.45. The average molecular weight is 569 g/mol. The first-order valence-electron chi connectivity index (χ1n) is 10.2. The molecule has 3 aromatic rings. The van der Waals surface area contributed by atoms with E-state index in [4.69, 9.17) is 28.1 Å². The number of rotatable bonds is 6. The van der Waals surface area contributed by atoms with Crippen LogP contribution in [0.5, 0.6) is 5.75 Å². The molecule has 0 aliphatic carbocycles. The van der Waals surface area contributed by atoms with Crippen molar-refractivity contribution in [2.45, 2.75) is 29.3 Å². The molecule has 2 aromatic carbocycles. The van der Waals surface area contributed by atoms with Gasteiger partial charge in [-0.1, -0.05) is 17.7 Å². The first-order valence-corrected chi connectivity index (χ1v) is 13.2. The van der Waals surface area contributed by atoms with Crippen molar-refractivity contribution in [3.05, 3.63) is 64.2 Å². The molecule has 1 aliphatic rings. The highest BCUT2D eigenvalue weighted by molar-refractivity contribution is 7.96. The topological polar surface area (TPSA) is 58.6 Å². The lowest BCUT2D eigenvalue weighted by Gasteiger charge is -2.27. The van der Waals surface area contributed by atoms with E-state index in [1.807, 2.05) is 0 Å². The number of nitrogens with one attached hydrogen (secondary N) is 1. The Hall–Kier alpha value is -2.05. The molecule has 188 valence electrons. The Morgan fingerprint density at radius 2 is 1.89 bits per heavy atom. The number of alkyl halides is 3. The maximum absolute atomic E-state index is 13.6. The summed E-state index contributed by atoms with van der Waals surface area (Å²) in [5.41, 5.74) is -1.21. The highest BCUT2D eigenvalue weighted by Gasteiger charge is 2.39. The fourth-order valence-corrected chi connectivity index (χ4v) is 6.54. The predicted octanol–water partition coefficient (Wildman–Crippen LogP) is 6.71. The fraction of sp³-hybridized carbons (Fsp3) is 0.273. The van der Waals surface area contributed by atoms with Crippen molar-refractivity contribution in [3.8, 4) is 16.9 Å². The normalized spacial score (nSPS) is 18.6. The number of benzene rings is 2. The first kappa shape index (κ1) is 26.0. The molecule has 0 saturated carbocycles. The van der Waals surface area contributed by atoms with Gasteiger partial charge in [0, 0.05) is 30.8 Å². The van der Waals surface area contributed by atoms with Crippen LogP contribution in [0.15, 0.2) is 52.1 Å². The number of hydrogen-bond acceptors (Lipinski definition) is 5. The summed E-state index contributed by atoms with van der Waals surface area (Å²) in [5.74, 6) is -1.14. The Kier molecular flexibility index (Phi) is 7.02. The second-order valence-corrected chi connectivity index (χ2v) is 12.0. The van der Waals surface area contributed by atoms with E-state index in [1.54, 1.807) is 6.92 Å². The number of ether oxygens (including phenoxy) is 1. The minimum atomic E-state index is -4.72. The smallest absolute Gasteiger partial charge is 0.419 e. The lowest BCUT2D eigenvalue weighted by Crippen LogP contribution is -2.35. The summed E-state index contributed by atoms with van der Waals surface area (Å²) in [6.45, 7) is 2.58. The third-order valence-corrected chi connectivity index (χ3v) is 9.38. The molecule has 35 heavy (non-hydrogen) atoms. The molecule has 4 rings (SSSR count). The summed E-state index contributed by atoms with van der Waals surface area (Å²) >= 11 is 12.8. The average Bonchev–Trinajstić information content (AvgIpc) is 3.44. The van der Waals surface area contributed by atoms with Crippen LogP contribution in [-0.2, 0) is 16.2 Å². The number of halogens is 6. The van der Waals surface area contributed by atoms with E-state index >= 15 is 0 Å². The molecule has 1 atom stereocenters. The van der Waals surface area contributed by atoms with Crippen LogP contribution in [-0.4, -0.2) is 27.1 Å². The quantitative estimate of drug-likeness (QED) is 0.265. The largest absolute Gasteiger partial charge is 0.485 e. The van der Waals surface area contributed by atoms with Crippen molar-refractivity contribution >= 4 is 50.4 Å². The zero-order valence-corrected chi connectivity index (χ0v) is 21.1. The molecular formula is C22H18Cl2F4N2O3S2. The third kappa shape index (κ3) is 5.39. The van der Waals surface area contributed by atoms with E-state index in [0.717, 1.165) is 35.6 Å². The van der Waals surface area contributed by atoms with Crippen LogP contribution in [0.2, 0.25) is 5.02 Å². The number of hydrogen-bond donors (Lipinski definition) is 1. The highest BCUT2D eigenvalue weighted by Crippen LogP contribution is 2.42. The monoisotopic (exact) mass is 568 g/mol. The summed E-state index contributed by atoms with van der Waals surface area (Å²) < 4.78 is 86.5. The Labute approximate surface area is 213 Å². The van der Waals surface area contributed by atoms with E-state index in [2.05, 4.69) is 5.32 Å². The molecule has 5 nitrogen and oxygen atoms in total. The van der Waals surface area contributed by atoms with Gasteiger partial charge in [-0.2, -0.15) is 25.4 Å². The summed E-state index contributed by atoms with van der Waals surface area (Å²) in [7, 11) is -4.34. The number of nitrogens with zero attached hydrogens (tertiary/aromatic N) is 1. The Morgan fingerprint density at radius 1 is 1.14 bits per heavy atom. The molecule has 13 heteroatoms. The summed E-state index contributed by atoms with van der Waals surface area (Å²) in [6, 6.07) is 7.94. The molecule has 1 fully saturated rings. The molecule has 0 amide bonds. The van der Waals surface area contributed by atoms with Crippen LogP contribution in [0.1, 0.15) is 18.9 Å². The number of thiophene rings is 1. The van der Waals surface area contributed by atoms with Gasteiger partial charge in [0.25, 0.3) is 10.0 Å². The zero-order valence-electron chi connectivity index (χ0n) is 18.0. The van der Waals surface area contributed by atoms with Gasteiger partial charge < -0.3 is 10.1 Å². The summed E-state index contributed by atoms with van der Waals surface area (Å²) in [5, 5.41) is 4.43. The second kappa shape index (κ2) is 9.44. The molecule has 1 N–H and O–H groups in total. The van der Waals surface area contributed by atoms with Crippen LogP contribution < -0.4 is 13.9 Å². The highest BCUT2D eigenvalue weighted by atomic mass is 35.5. The SMILES string of the molecule is C[C@@]1(Oc2cc(N(Cl)S(=O)(=O)c3cc(-c4ccc(F)c(Cl)c4)cs3)ccc2C(F)(F)F)CCNC1. The number of anilines is 1. The predicted molar refractivity (Wildman–Crippen MR) is 128 cm³/mol. The van der Waals surface area contributed by atoms with Gasteiger partial charge in [-0.05, 0) is 60.3 Å². The second-order valence-electron chi connectivity index (χ2n) is 8.16. The fourth-order valence-electron chi connectivity index (χ4n) is 3.58. The van der Waals surface area contributed by atoms with Crippen molar-refractivity contribution in [2.24, 2.45) is 0 Å². The van der Waals surface area contributed by atoms with Gasteiger partial charge in [-0.25, -0.2) is 4.39 Å². The molecular weight excluding hydrogens is 551 g/mol. The maximum atomic E-state index is 13.6. The van der Waals surface area contributed by atoms with Crippen molar-refractivity contribution < 1.29 is 30.7 Å². The standard InChI is InChI=1S/C22H18Cl2F4N2O3S2/c1-21(6-7-29-12-21)33-19-10-15(3-4-16(19)22(26,27)28)30(24)35(31,32)20-9-14(11-34-20)13-2-5-18(25)17(23)8-13/h2-5,8-11,29H,6-7,12H2,1H3/t21-/m1/s1. The van der Waals surface area contributed by atoms with E-state index in [1.165, 1.54) is 23.6 Å². The van der Waals surface area contributed by atoms with E-state index in [9.17, 15) is 26.0 Å². The molecule has 2 heterocycles. The molecule has 0 spiro atoms. The van der Waals surface area contributed by atoms with Gasteiger partial charge in [0.15, 0.2) is 0 Å². The van der Waals surface area contributed by atoms with Crippen LogP contribution in [0.25, 0.3) is 11.1 Å². The molecule has 0 unspecified atom stereocenters. The Bertz CT molecular complexity index is 1360. The van der Waals surface area contributed by atoms with Crippen molar-refractivity contribution in [2.75, 3.05) is 16.9 Å². The lowest BCUT2D eigenvalue weighted by molar-refractivity contribution is -0.139. The van der Waals surface area contributed by atoms with Gasteiger partial charge >= 0.3 is 6.18 Å². The van der Waals surface area contributed by atoms with E-state index in [-0.39, 0.29) is 14.9 Å². The zero-order chi connectivity index (χ0) is 25.6. The summed E-state index contributed by atoms with van der Waals surface area (Å²) in [4.78, 5) is 0. The molecule has 1 aromatic heterocycles. The van der Waals surface area contributed by atoms with Crippen LogP contribution >= 0.6 is 34.7 Å². The molecule has 0 radical (unpaired) electrons. The van der Waals surface area contributed by atoms with Gasteiger partial charge in [0.2, 0.25) is 0 Å². The van der Waals surface area contributed by atoms with Crippen molar-refractivity contribution in [1.29, 1.82) is 0 Å². The summed E-state index contributed by atoms with van der Waals surface area (Å²) in [6.07, 6.45) is -4.24. The lowest BCUT2D eigenvalue weighted by atomic mass is 10.1. The molecule has 1 saturated heterocycles. The minimum Gasteiger partial charge on any atom is -0.485 e. The minimum absolute atomic E-state index is 0.125. The van der Waals surface area contributed by atoms with Gasteiger partial charge in [-0.3, -0.25) is 0 Å². The van der Waals surface area contributed by atoms with Crippen molar-refractivity contribution in [1.82, 2.24) is 5.32 Å². The Morgan fingerprint density at radius 3 is 2.51 bits per heavy atom. The van der Waals surface area contributed by atoms with Crippen LogP contribution in [0, 0.1) is 5.82 Å². The van der Waals surface area contributed by atoms with Crippen LogP contribution in [0.4, 0.5) is 23.2 Å². The first-order chi connectivity index (χ1) is 16.3. The van der Waals surface area contributed by atoms with Crippen LogP contribution in [0.3, 0.4) is 0 Å². The van der Waals surface area contributed by atoms with Crippen molar-refractivity contribution in [3.63, 3.8) is 0 Å². The van der Waals surface area contributed by atoms with Gasteiger partial charge in [0.05, 0.1) is 16.3 Å².